The third-order valence-corrected chi connectivity index (χ3v) is 4.08. The molecule has 0 saturated heterocycles. The van der Waals surface area contributed by atoms with E-state index in [9.17, 15) is 4.79 Å². The smallest absolute Gasteiger partial charge is 0.319 e. The Kier molecular flexibility index (Phi) is 4.06. The number of fused-ring (bicyclic) bond motifs is 1. The summed E-state index contributed by atoms with van der Waals surface area (Å²) >= 11 is 0. The second-order valence-corrected chi connectivity index (χ2v) is 5.86. The lowest BCUT2D eigenvalue weighted by Gasteiger charge is -2.07. The van der Waals surface area contributed by atoms with Crippen LogP contribution in [0.3, 0.4) is 0 Å². The highest BCUT2D eigenvalue weighted by atomic mass is 16.2. The average molecular weight is 347 g/mol. The molecule has 0 fully saturated rings. The first-order chi connectivity index (χ1) is 12.7. The highest BCUT2D eigenvalue weighted by molar-refractivity contribution is 5.93. The molecule has 2 amide bonds. The van der Waals surface area contributed by atoms with Gasteiger partial charge in [0.25, 0.3) is 0 Å². The first kappa shape index (κ1) is 15.8. The lowest BCUT2D eigenvalue weighted by atomic mass is 10.1. The van der Waals surface area contributed by atoms with E-state index < -0.39 is 0 Å². The average Bonchev–Trinajstić information content (AvgIpc) is 3.29. The second kappa shape index (κ2) is 6.67. The molecule has 3 aromatic heterocycles. The van der Waals surface area contributed by atoms with Gasteiger partial charge in [0.15, 0.2) is 0 Å². The molecule has 0 saturated carbocycles. The standard InChI is InChI=1S/C18H17N7O/c1-25-16-6-7-19-11-15(16)17(24-25)13-2-4-14(5-3-13)23-18(26)20-8-12-9-21-22-10-12/h2-7,9-11H,8H2,1H3,(H,21,22)(H2,20,23,26). The van der Waals surface area contributed by atoms with Crippen molar-refractivity contribution in [2.24, 2.45) is 7.05 Å². The van der Waals surface area contributed by atoms with Gasteiger partial charge in [-0.05, 0) is 18.2 Å². The molecule has 8 nitrogen and oxygen atoms in total. The number of aryl methyl sites for hydroxylation is 1. The molecule has 0 spiro atoms. The van der Waals surface area contributed by atoms with Crippen LogP contribution in [0.25, 0.3) is 22.2 Å². The number of carbonyl (C=O) groups is 1. The number of pyridine rings is 1. The SMILES string of the molecule is Cn1nc(-c2ccc(NC(=O)NCc3cn[nH]c3)cc2)c2cnccc21. The van der Waals surface area contributed by atoms with Gasteiger partial charge >= 0.3 is 6.03 Å². The Morgan fingerprint density at radius 2 is 2.04 bits per heavy atom. The molecule has 4 rings (SSSR count). The van der Waals surface area contributed by atoms with Crippen molar-refractivity contribution in [1.29, 1.82) is 0 Å². The minimum absolute atomic E-state index is 0.272. The number of amides is 2. The van der Waals surface area contributed by atoms with E-state index in [4.69, 9.17) is 0 Å². The van der Waals surface area contributed by atoms with Gasteiger partial charge in [0.05, 0.1) is 11.7 Å². The number of H-pyrrole nitrogens is 1. The molecule has 0 radical (unpaired) electrons. The van der Waals surface area contributed by atoms with Crippen LogP contribution in [0, 0.1) is 0 Å². The van der Waals surface area contributed by atoms with Crippen LogP contribution in [0.4, 0.5) is 10.5 Å². The summed E-state index contributed by atoms with van der Waals surface area (Å²) in [6.45, 7) is 0.410. The maximum absolute atomic E-state index is 12.0. The lowest BCUT2D eigenvalue weighted by Crippen LogP contribution is -2.27. The fourth-order valence-corrected chi connectivity index (χ4v) is 2.77. The number of hydrogen-bond acceptors (Lipinski definition) is 4. The van der Waals surface area contributed by atoms with Crippen LogP contribution in [0.1, 0.15) is 5.56 Å². The molecule has 3 N–H and O–H groups in total. The number of aromatic amines is 1. The third kappa shape index (κ3) is 3.12. The number of rotatable bonds is 4. The van der Waals surface area contributed by atoms with E-state index in [1.165, 1.54) is 0 Å². The highest BCUT2D eigenvalue weighted by Crippen LogP contribution is 2.27. The number of nitrogens with zero attached hydrogens (tertiary/aromatic N) is 4. The zero-order valence-corrected chi connectivity index (χ0v) is 14.1. The number of anilines is 1. The van der Waals surface area contributed by atoms with E-state index >= 15 is 0 Å². The molecule has 0 aliphatic rings. The van der Waals surface area contributed by atoms with Crippen LogP contribution < -0.4 is 10.6 Å². The van der Waals surface area contributed by atoms with Gasteiger partial charge in [-0.1, -0.05) is 12.1 Å². The van der Waals surface area contributed by atoms with E-state index in [2.05, 4.69) is 30.9 Å². The molecule has 4 aromatic rings. The molecule has 0 unspecified atom stereocenters. The van der Waals surface area contributed by atoms with Crippen LogP contribution in [0.2, 0.25) is 0 Å². The fourth-order valence-electron chi connectivity index (χ4n) is 2.77. The summed E-state index contributed by atoms with van der Waals surface area (Å²) in [5.74, 6) is 0. The number of aromatic nitrogens is 5. The van der Waals surface area contributed by atoms with Crippen molar-refractivity contribution < 1.29 is 4.79 Å². The second-order valence-electron chi connectivity index (χ2n) is 5.86. The van der Waals surface area contributed by atoms with E-state index in [-0.39, 0.29) is 6.03 Å². The van der Waals surface area contributed by atoms with Gasteiger partial charge in [-0.25, -0.2) is 4.79 Å². The molecule has 8 heteroatoms. The third-order valence-electron chi connectivity index (χ3n) is 4.08. The number of hydrogen-bond donors (Lipinski definition) is 3. The zero-order chi connectivity index (χ0) is 17.9. The van der Waals surface area contributed by atoms with Crippen LogP contribution in [0.15, 0.2) is 55.1 Å². The highest BCUT2D eigenvalue weighted by Gasteiger charge is 2.11. The number of urea groups is 1. The van der Waals surface area contributed by atoms with Gasteiger partial charge in [0, 0.05) is 54.4 Å². The van der Waals surface area contributed by atoms with E-state index in [1.54, 1.807) is 18.6 Å². The number of carbonyl (C=O) groups excluding carboxylic acids is 1. The Morgan fingerprint density at radius 1 is 1.19 bits per heavy atom. The van der Waals surface area contributed by atoms with E-state index in [1.807, 2.05) is 48.3 Å². The maximum atomic E-state index is 12.0. The van der Waals surface area contributed by atoms with Gasteiger partial charge in [-0.3, -0.25) is 14.8 Å². The van der Waals surface area contributed by atoms with Gasteiger partial charge in [0.1, 0.15) is 5.69 Å². The Labute approximate surface area is 149 Å². The topological polar surface area (TPSA) is 101 Å². The number of nitrogens with one attached hydrogen (secondary N) is 3. The van der Waals surface area contributed by atoms with Crippen molar-refractivity contribution >= 4 is 22.6 Å². The van der Waals surface area contributed by atoms with Crippen LogP contribution in [-0.4, -0.2) is 31.0 Å². The molecule has 0 atom stereocenters. The zero-order valence-electron chi connectivity index (χ0n) is 14.1. The van der Waals surface area contributed by atoms with Crippen LogP contribution >= 0.6 is 0 Å². The molecule has 26 heavy (non-hydrogen) atoms. The first-order valence-corrected chi connectivity index (χ1v) is 8.10. The summed E-state index contributed by atoms with van der Waals surface area (Å²) < 4.78 is 1.84. The molecule has 1 aromatic carbocycles. The predicted octanol–water partition coefficient (Wildman–Crippen LogP) is 2.68. The van der Waals surface area contributed by atoms with Crippen molar-refractivity contribution in [2.75, 3.05) is 5.32 Å². The summed E-state index contributed by atoms with van der Waals surface area (Å²) in [6, 6.07) is 9.23. The Bertz CT molecular complexity index is 1040. The molecule has 0 bridgehead atoms. The summed E-state index contributed by atoms with van der Waals surface area (Å²) in [5.41, 5.74) is 4.47. The van der Waals surface area contributed by atoms with Crippen molar-refractivity contribution in [1.82, 2.24) is 30.3 Å². The molecular formula is C18H17N7O. The Morgan fingerprint density at radius 3 is 2.81 bits per heavy atom. The van der Waals surface area contributed by atoms with Gasteiger partial charge in [-0.15, -0.1) is 0 Å². The maximum Gasteiger partial charge on any atom is 0.319 e. The van der Waals surface area contributed by atoms with Gasteiger partial charge in [-0.2, -0.15) is 10.2 Å². The van der Waals surface area contributed by atoms with Crippen molar-refractivity contribution in [3.63, 3.8) is 0 Å². The number of benzene rings is 1. The largest absolute Gasteiger partial charge is 0.334 e. The van der Waals surface area contributed by atoms with Crippen LogP contribution in [-0.2, 0) is 13.6 Å². The van der Waals surface area contributed by atoms with Gasteiger partial charge < -0.3 is 10.6 Å². The summed E-state index contributed by atoms with van der Waals surface area (Å²) in [7, 11) is 1.91. The molecular weight excluding hydrogens is 330 g/mol. The Hall–Kier alpha value is -3.68. The molecule has 3 heterocycles. The van der Waals surface area contributed by atoms with Crippen molar-refractivity contribution in [2.45, 2.75) is 6.54 Å². The van der Waals surface area contributed by atoms with Crippen molar-refractivity contribution in [3.8, 4) is 11.3 Å². The minimum atomic E-state index is -0.272. The summed E-state index contributed by atoms with van der Waals surface area (Å²) in [4.78, 5) is 16.1. The fraction of sp³-hybridized carbons (Fsp3) is 0.111. The van der Waals surface area contributed by atoms with Gasteiger partial charge in [0.2, 0.25) is 0 Å². The summed E-state index contributed by atoms with van der Waals surface area (Å²) in [6.07, 6.45) is 6.97. The normalized spacial score (nSPS) is 10.8. The Balaban J connectivity index is 1.47. The van der Waals surface area contributed by atoms with E-state index in [0.29, 0.717) is 12.2 Å². The van der Waals surface area contributed by atoms with Crippen molar-refractivity contribution in [3.05, 3.63) is 60.7 Å². The van der Waals surface area contributed by atoms with Crippen LogP contribution in [0.5, 0.6) is 0 Å². The molecule has 0 aliphatic heterocycles. The van der Waals surface area contributed by atoms with E-state index in [0.717, 1.165) is 27.7 Å². The first-order valence-electron chi connectivity index (χ1n) is 8.10. The monoisotopic (exact) mass is 347 g/mol. The quantitative estimate of drug-likeness (QED) is 0.528. The predicted molar refractivity (Wildman–Crippen MR) is 98.4 cm³/mol. The minimum Gasteiger partial charge on any atom is -0.334 e. The lowest BCUT2D eigenvalue weighted by molar-refractivity contribution is 0.251. The summed E-state index contributed by atoms with van der Waals surface area (Å²) in [5, 5.41) is 17.7. The molecule has 130 valence electrons. The molecule has 0 aliphatic carbocycles.